The molecule has 0 aliphatic carbocycles. The van der Waals surface area contributed by atoms with Gasteiger partial charge in [-0.25, -0.2) is 4.68 Å². The van der Waals surface area contributed by atoms with Crippen LogP contribution in [0.2, 0.25) is 0 Å². The van der Waals surface area contributed by atoms with Crippen LogP contribution in [0.15, 0.2) is 54.7 Å². The first-order valence-electron chi connectivity index (χ1n) is 9.25. The van der Waals surface area contributed by atoms with Gasteiger partial charge in [-0.15, -0.1) is 13.2 Å². The van der Waals surface area contributed by atoms with Crippen LogP contribution in [0.4, 0.5) is 18.9 Å². The zero-order valence-corrected chi connectivity index (χ0v) is 15.8. The van der Waals surface area contributed by atoms with Gasteiger partial charge in [0.15, 0.2) is 0 Å². The first-order chi connectivity index (χ1) is 13.9. The van der Waals surface area contributed by atoms with Crippen molar-refractivity contribution in [1.29, 1.82) is 0 Å². The van der Waals surface area contributed by atoms with E-state index < -0.39 is 6.36 Å². The third kappa shape index (κ3) is 4.54. The van der Waals surface area contributed by atoms with Gasteiger partial charge in [0.2, 0.25) is 0 Å². The van der Waals surface area contributed by atoms with Gasteiger partial charge >= 0.3 is 6.36 Å². The van der Waals surface area contributed by atoms with E-state index in [9.17, 15) is 13.2 Å². The first kappa shape index (κ1) is 19.3. The molecule has 0 amide bonds. The van der Waals surface area contributed by atoms with Gasteiger partial charge in [0.05, 0.1) is 24.6 Å². The quantitative estimate of drug-likeness (QED) is 0.639. The summed E-state index contributed by atoms with van der Waals surface area (Å²) in [6.45, 7) is 5.06. The molecular weight excluding hydrogens is 383 g/mol. The normalized spacial score (nSPS) is 14.8. The fourth-order valence-corrected chi connectivity index (χ4v) is 3.37. The van der Waals surface area contributed by atoms with Gasteiger partial charge in [0.25, 0.3) is 0 Å². The zero-order valence-electron chi connectivity index (χ0n) is 15.8. The molecule has 0 bridgehead atoms. The van der Waals surface area contributed by atoms with Gasteiger partial charge in [-0.2, -0.15) is 5.10 Å². The van der Waals surface area contributed by atoms with Crippen molar-refractivity contribution < 1.29 is 22.6 Å². The highest BCUT2D eigenvalue weighted by atomic mass is 19.4. The number of morpholine rings is 1. The van der Waals surface area contributed by atoms with Crippen molar-refractivity contribution in [2.45, 2.75) is 13.3 Å². The maximum Gasteiger partial charge on any atom is 0.573 e. The lowest BCUT2D eigenvalue weighted by Crippen LogP contribution is -2.36. The van der Waals surface area contributed by atoms with Gasteiger partial charge < -0.3 is 14.4 Å². The maximum atomic E-state index is 12.5. The summed E-state index contributed by atoms with van der Waals surface area (Å²) < 4.78 is 48.4. The van der Waals surface area contributed by atoms with E-state index in [0.717, 1.165) is 48.8 Å². The van der Waals surface area contributed by atoms with Gasteiger partial charge in [-0.1, -0.05) is 18.2 Å². The van der Waals surface area contributed by atoms with E-state index in [-0.39, 0.29) is 5.75 Å². The summed E-state index contributed by atoms with van der Waals surface area (Å²) >= 11 is 0. The monoisotopic (exact) mass is 403 g/mol. The van der Waals surface area contributed by atoms with E-state index in [1.165, 1.54) is 18.2 Å². The van der Waals surface area contributed by atoms with Crippen molar-refractivity contribution in [3.63, 3.8) is 0 Å². The highest BCUT2D eigenvalue weighted by molar-refractivity contribution is 5.68. The minimum absolute atomic E-state index is 0.278. The summed E-state index contributed by atoms with van der Waals surface area (Å²) in [5.41, 5.74) is 4.32. The van der Waals surface area contributed by atoms with Crippen LogP contribution < -0.4 is 9.64 Å². The summed E-state index contributed by atoms with van der Waals surface area (Å²) in [6.07, 6.45) is -2.92. The third-order valence-corrected chi connectivity index (χ3v) is 4.77. The first-order valence-corrected chi connectivity index (χ1v) is 9.25. The molecule has 1 fully saturated rings. The lowest BCUT2D eigenvalue weighted by Gasteiger charge is -2.28. The Morgan fingerprint density at radius 2 is 1.72 bits per heavy atom. The SMILES string of the molecule is Cc1nn(-c2cccc(OC(F)(F)F)c2)cc1-c1ccc(N2CCOCC2)cc1. The maximum absolute atomic E-state index is 12.5. The molecule has 0 unspecified atom stereocenters. The standard InChI is InChI=1S/C21H20F3N3O2/c1-15-20(16-5-7-17(8-6-16)26-9-11-28-12-10-26)14-27(25-15)18-3-2-4-19(13-18)29-21(22,23)24/h2-8,13-14H,9-12H2,1H3. The van der Waals surface area contributed by atoms with Crippen LogP contribution in [0, 0.1) is 6.92 Å². The Morgan fingerprint density at radius 1 is 1.00 bits per heavy atom. The van der Waals surface area contributed by atoms with E-state index in [0.29, 0.717) is 5.69 Å². The minimum atomic E-state index is -4.73. The predicted molar refractivity (Wildman–Crippen MR) is 103 cm³/mol. The Labute approximate surface area is 166 Å². The molecule has 1 saturated heterocycles. The van der Waals surface area contributed by atoms with Crippen LogP contribution in [-0.4, -0.2) is 42.4 Å². The molecule has 2 aromatic carbocycles. The molecule has 4 rings (SSSR count). The van der Waals surface area contributed by atoms with Crippen LogP contribution in [0.5, 0.6) is 5.75 Å². The van der Waals surface area contributed by atoms with Crippen molar-refractivity contribution in [3.05, 3.63) is 60.4 Å². The molecule has 152 valence electrons. The largest absolute Gasteiger partial charge is 0.573 e. The summed E-state index contributed by atoms with van der Waals surface area (Å²) in [4.78, 5) is 2.27. The number of alkyl halides is 3. The van der Waals surface area contributed by atoms with E-state index in [4.69, 9.17) is 4.74 Å². The molecule has 0 saturated carbocycles. The van der Waals surface area contributed by atoms with Crippen molar-refractivity contribution in [1.82, 2.24) is 9.78 Å². The number of aryl methyl sites for hydroxylation is 1. The summed E-state index contributed by atoms with van der Waals surface area (Å²) in [6, 6.07) is 13.9. The molecule has 1 aromatic heterocycles. The van der Waals surface area contributed by atoms with Crippen LogP contribution >= 0.6 is 0 Å². The predicted octanol–water partition coefficient (Wildman–Crippen LogP) is 4.58. The number of hydrogen-bond acceptors (Lipinski definition) is 4. The molecule has 3 aromatic rings. The second-order valence-electron chi connectivity index (χ2n) is 6.76. The number of nitrogens with zero attached hydrogens (tertiary/aromatic N) is 3. The Bertz CT molecular complexity index is 978. The van der Waals surface area contributed by atoms with Gasteiger partial charge in [0.1, 0.15) is 5.75 Å². The average Bonchev–Trinajstić information content (AvgIpc) is 3.09. The Balaban J connectivity index is 1.57. The Hall–Kier alpha value is -3.00. The van der Waals surface area contributed by atoms with Crippen molar-refractivity contribution in [2.75, 3.05) is 31.2 Å². The van der Waals surface area contributed by atoms with Crippen molar-refractivity contribution in [3.8, 4) is 22.6 Å². The van der Waals surface area contributed by atoms with Crippen LogP contribution in [0.25, 0.3) is 16.8 Å². The number of rotatable bonds is 4. The molecule has 8 heteroatoms. The Morgan fingerprint density at radius 3 is 2.41 bits per heavy atom. The highest BCUT2D eigenvalue weighted by Gasteiger charge is 2.31. The topological polar surface area (TPSA) is 39.5 Å². The molecule has 0 spiro atoms. The fourth-order valence-electron chi connectivity index (χ4n) is 3.37. The van der Waals surface area contributed by atoms with Crippen molar-refractivity contribution >= 4 is 5.69 Å². The number of hydrogen-bond donors (Lipinski definition) is 0. The lowest BCUT2D eigenvalue weighted by molar-refractivity contribution is -0.274. The molecule has 0 radical (unpaired) electrons. The molecule has 1 aliphatic rings. The number of halogens is 3. The molecule has 29 heavy (non-hydrogen) atoms. The van der Waals surface area contributed by atoms with E-state index >= 15 is 0 Å². The number of ether oxygens (including phenoxy) is 2. The lowest BCUT2D eigenvalue weighted by atomic mass is 10.1. The third-order valence-electron chi connectivity index (χ3n) is 4.77. The fraction of sp³-hybridized carbons (Fsp3) is 0.286. The second-order valence-corrected chi connectivity index (χ2v) is 6.76. The van der Waals surface area contributed by atoms with E-state index in [1.807, 2.05) is 25.3 Å². The number of benzene rings is 2. The summed E-state index contributed by atoms with van der Waals surface area (Å²) in [5, 5.41) is 4.46. The average molecular weight is 403 g/mol. The van der Waals surface area contributed by atoms with Crippen molar-refractivity contribution in [2.24, 2.45) is 0 Å². The molecule has 0 atom stereocenters. The van der Waals surface area contributed by atoms with Gasteiger partial charge in [-0.05, 0) is 36.8 Å². The van der Waals surface area contributed by atoms with E-state index in [1.54, 1.807) is 10.7 Å². The smallest absolute Gasteiger partial charge is 0.406 e. The second kappa shape index (κ2) is 7.79. The summed E-state index contributed by atoms with van der Waals surface area (Å²) in [7, 11) is 0. The molecular formula is C21H20F3N3O2. The number of aromatic nitrogens is 2. The number of anilines is 1. The van der Waals surface area contributed by atoms with Gasteiger partial charge in [-0.3, -0.25) is 0 Å². The highest BCUT2D eigenvalue weighted by Crippen LogP contribution is 2.29. The Kier molecular flexibility index (Phi) is 5.19. The van der Waals surface area contributed by atoms with Gasteiger partial charge in [0, 0.05) is 36.6 Å². The molecule has 2 heterocycles. The zero-order chi connectivity index (χ0) is 20.4. The van der Waals surface area contributed by atoms with Crippen LogP contribution in [0.3, 0.4) is 0 Å². The van der Waals surface area contributed by atoms with Crippen LogP contribution in [0.1, 0.15) is 5.69 Å². The molecule has 0 N–H and O–H groups in total. The minimum Gasteiger partial charge on any atom is -0.406 e. The summed E-state index contributed by atoms with van der Waals surface area (Å²) in [5.74, 6) is -0.278. The van der Waals surface area contributed by atoms with Crippen LogP contribution in [-0.2, 0) is 4.74 Å². The van der Waals surface area contributed by atoms with E-state index in [2.05, 4.69) is 26.9 Å². The molecule has 1 aliphatic heterocycles. The molecule has 5 nitrogen and oxygen atoms in total.